The molecule has 2 aromatic rings. The average molecular weight is 224 g/mol. The molecule has 0 bridgehead atoms. The van der Waals surface area contributed by atoms with Gasteiger partial charge in [0, 0.05) is 12.4 Å². The molecule has 2 aromatic heterocycles. The Bertz CT molecular complexity index is 447. The highest BCUT2D eigenvalue weighted by atomic mass is 32.1. The highest BCUT2D eigenvalue weighted by Crippen LogP contribution is 2.21. The third kappa shape index (κ3) is 1.89. The molecular weight excluding hydrogens is 212 g/mol. The van der Waals surface area contributed by atoms with E-state index >= 15 is 0 Å². The van der Waals surface area contributed by atoms with Crippen molar-refractivity contribution in [2.75, 3.05) is 0 Å². The zero-order valence-corrected chi connectivity index (χ0v) is 9.32. The van der Waals surface area contributed by atoms with Gasteiger partial charge in [0.2, 0.25) is 0 Å². The van der Waals surface area contributed by atoms with Gasteiger partial charge in [-0.15, -0.1) is 16.4 Å². The summed E-state index contributed by atoms with van der Waals surface area (Å²) in [6.45, 7) is 1.96. The summed E-state index contributed by atoms with van der Waals surface area (Å²) in [5.74, 6) is 5.52. The molecule has 0 saturated heterocycles. The molecule has 15 heavy (non-hydrogen) atoms. The Morgan fingerprint density at radius 3 is 2.87 bits per heavy atom. The third-order valence-corrected chi connectivity index (χ3v) is 2.94. The van der Waals surface area contributed by atoms with Crippen molar-refractivity contribution in [3.8, 4) is 0 Å². The first kappa shape index (κ1) is 10.2. The predicted molar refractivity (Wildman–Crippen MR) is 57.0 cm³/mol. The number of hydrazine groups is 1. The fraction of sp³-hybridized carbons (Fsp3) is 0.375. The van der Waals surface area contributed by atoms with Crippen LogP contribution < -0.4 is 11.3 Å². The third-order valence-electron chi connectivity index (χ3n) is 2.14. The Labute approximate surface area is 91.1 Å². The van der Waals surface area contributed by atoms with Crippen molar-refractivity contribution in [1.82, 2.24) is 25.4 Å². The molecule has 7 heteroatoms. The van der Waals surface area contributed by atoms with E-state index in [9.17, 15) is 0 Å². The number of thiazole rings is 1. The average Bonchev–Trinajstić information content (AvgIpc) is 2.79. The highest BCUT2D eigenvalue weighted by Gasteiger charge is 2.18. The second kappa shape index (κ2) is 4.05. The number of nitrogens with one attached hydrogen (secondary N) is 1. The number of nitrogens with two attached hydrogens (primary N) is 1. The Hall–Kier alpha value is -1.31. The molecule has 0 aliphatic rings. The molecule has 0 fully saturated rings. The van der Waals surface area contributed by atoms with E-state index < -0.39 is 0 Å². The molecule has 0 radical (unpaired) electrons. The van der Waals surface area contributed by atoms with Crippen LogP contribution in [0.4, 0.5) is 0 Å². The van der Waals surface area contributed by atoms with Crippen LogP contribution in [0.15, 0.2) is 11.6 Å². The first-order valence-corrected chi connectivity index (χ1v) is 5.33. The van der Waals surface area contributed by atoms with Gasteiger partial charge >= 0.3 is 0 Å². The molecule has 1 atom stereocenters. The summed E-state index contributed by atoms with van der Waals surface area (Å²) in [6, 6.07) is -0.157. The molecule has 0 aliphatic heterocycles. The van der Waals surface area contributed by atoms with Crippen LogP contribution in [0.3, 0.4) is 0 Å². The summed E-state index contributed by atoms with van der Waals surface area (Å²) >= 11 is 1.59. The minimum atomic E-state index is -0.157. The molecule has 3 N–H and O–H groups in total. The van der Waals surface area contributed by atoms with E-state index in [1.807, 2.05) is 19.4 Å². The first-order chi connectivity index (χ1) is 7.22. The lowest BCUT2D eigenvalue weighted by Crippen LogP contribution is -2.30. The van der Waals surface area contributed by atoms with Crippen molar-refractivity contribution in [2.45, 2.75) is 13.0 Å². The molecule has 80 valence electrons. The summed E-state index contributed by atoms with van der Waals surface area (Å²) < 4.78 is 1.68. The maximum Gasteiger partial charge on any atom is 0.107 e. The Kier molecular flexibility index (Phi) is 2.76. The number of aryl methyl sites for hydroxylation is 2. The first-order valence-electron chi connectivity index (χ1n) is 4.45. The van der Waals surface area contributed by atoms with Crippen LogP contribution in [0.1, 0.15) is 22.4 Å². The Morgan fingerprint density at radius 2 is 2.40 bits per heavy atom. The van der Waals surface area contributed by atoms with Crippen LogP contribution >= 0.6 is 11.3 Å². The molecule has 0 aliphatic carbocycles. The SMILES string of the molecule is Cc1nc(C(NN)c2cnnn2C)cs1. The van der Waals surface area contributed by atoms with Gasteiger partial charge in [-0.3, -0.25) is 10.5 Å². The number of aromatic nitrogens is 4. The van der Waals surface area contributed by atoms with Gasteiger partial charge < -0.3 is 0 Å². The van der Waals surface area contributed by atoms with E-state index in [0.29, 0.717) is 0 Å². The summed E-state index contributed by atoms with van der Waals surface area (Å²) in [5.41, 5.74) is 4.50. The molecule has 0 amide bonds. The van der Waals surface area contributed by atoms with E-state index in [0.717, 1.165) is 16.4 Å². The van der Waals surface area contributed by atoms with Gasteiger partial charge in [0.05, 0.1) is 22.6 Å². The fourth-order valence-electron chi connectivity index (χ4n) is 1.39. The lowest BCUT2D eigenvalue weighted by atomic mass is 10.2. The topological polar surface area (TPSA) is 81.7 Å². The number of rotatable bonds is 3. The van der Waals surface area contributed by atoms with Gasteiger partial charge in [0.25, 0.3) is 0 Å². The quantitative estimate of drug-likeness (QED) is 0.572. The highest BCUT2D eigenvalue weighted by molar-refractivity contribution is 7.09. The van der Waals surface area contributed by atoms with Crippen LogP contribution in [0.2, 0.25) is 0 Å². The zero-order chi connectivity index (χ0) is 10.8. The van der Waals surface area contributed by atoms with Crippen molar-refractivity contribution in [3.63, 3.8) is 0 Å². The van der Waals surface area contributed by atoms with Crippen molar-refractivity contribution in [3.05, 3.63) is 28.0 Å². The van der Waals surface area contributed by atoms with Crippen LogP contribution in [0, 0.1) is 6.92 Å². The normalized spacial score (nSPS) is 13.0. The largest absolute Gasteiger partial charge is 0.270 e. The van der Waals surface area contributed by atoms with Crippen LogP contribution in [-0.2, 0) is 7.05 Å². The van der Waals surface area contributed by atoms with Gasteiger partial charge in [0.15, 0.2) is 0 Å². The minimum absolute atomic E-state index is 0.157. The van der Waals surface area contributed by atoms with Crippen LogP contribution in [-0.4, -0.2) is 20.0 Å². The van der Waals surface area contributed by atoms with Crippen molar-refractivity contribution < 1.29 is 0 Å². The van der Waals surface area contributed by atoms with Crippen molar-refractivity contribution in [2.24, 2.45) is 12.9 Å². The lowest BCUT2D eigenvalue weighted by molar-refractivity contribution is 0.561. The monoisotopic (exact) mass is 224 g/mol. The summed E-state index contributed by atoms with van der Waals surface area (Å²) in [5, 5.41) is 10.7. The Morgan fingerprint density at radius 1 is 1.60 bits per heavy atom. The zero-order valence-electron chi connectivity index (χ0n) is 8.51. The predicted octanol–water partition coefficient (Wildman–Crippen LogP) is 0.133. The second-order valence-electron chi connectivity index (χ2n) is 3.17. The molecule has 0 spiro atoms. The molecule has 0 saturated carbocycles. The van der Waals surface area contributed by atoms with Crippen molar-refractivity contribution >= 4 is 11.3 Å². The van der Waals surface area contributed by atoms with E-state index in [-0.39, 0.29) is 6.04 Å². The van der Waals surface area contributed by atoms with Crippen LogP contribution in [0.5, 0.6) is 0 Å². The minimum Gasteiger partial charge on any atom is -0.270 e. The van der Waals surface area contributed by atoms with Gasteiger partial charge in [-0.1, -0.05) is 5.21 Å². The summed E-state index contributed by atoms with van der Waals surface area (Å²) in [7, 11) is 1.83. The van der Waals surface area contributed by atoms with Gasteiger partial charge in [-0.2, -0.15) is 0 Å². The summed E-state index contributed by atoms with van der Waals surface area (Å²) in [4.78, 5) is 4.39. The van der Waals surface area contributed by atoms with E-state index in [2.05, 4.69) is 20.7 Å². The lowest BCUT2D eigenvalue weighted by Gasteiger charge is -2.12. The smallest absolute Gasteiger partial charge is 0.107 e. The summed E-state index contributed by atoms with van der Waals surface area (Å²) in [6.07, 6.45) is 1.68. The molecule has 6 nitrogen and oxygen atoms in total. The second-order valence-corrected chi connectivity index (χ2v) is 4.24. The molecule has 2 heterocycles. The van der Waals surface area contributed by atoms with Gasteiger partial charge in [-0.05, 0) is 6.92 Å². The van der Waals surface area contributed by atoms with Crippen LogP contribution in [0.25, 0.3) is 0 Å². The fourth-order valence-corrected chi connectivity index (χ4v) is 2.03. The molecule has 0 aromatic carbocycles. The standard InChI is InChI=1S/C8H12N6S/c1-5-11-6(4-15-5)8(12-9)7-3-10-13-14(7)2/h3-4,8,12H,9H2,1-2H3. The number of hydrogen-bond donors (Lipinski definition) is 2. The van der Waals surface area contributed by atoms with E-state index in [4.69, 9.17) is 5.84 Å². The molecular formula is C8H12N6S. The van der Waals surface area contributed by atoms with Gasteiger partial charge in [-0.25, -0.2) is 10.4 Å². The molecule has 2 rings (SSSR count). The maximum absolute atomic E-state index is 5.52. The Balaban J connectivity index is 2.36. The number of nitrogens with zero attached hydrogens (tertiary/aromatic N) is 4. The number of hydrogen-bond acceptors (Lipinski definition) is 6. The maximum atomic E-state index is 5.52. The molecule has 1 unspecified atom stereocenters. The van der Waals surface area contributed by atoms with Crippen molar-refractivity contribution in [1.29, 1.82) is 0 Å². The van der Waals surface area contributed by atoms with Gasteiger partial charge in [0.1, 0.15) is 6.04 Å². The van der Waals surface area contributed by atoms with E-state index in [1.54, 1.807) is 22.2 Å². The van der Waals surface area contributed by atoms with E-state index in [1.165, 1.54) is 0 Å².